The first-order valence-corrected chi connectivity index (χ1v) is 11.3. The van der Waals surface area contributed by atoms with E-state index in [1.165, 1.54) is 28.7 Å². The number of nitrogens with zero attached hydrogens (tertiary/aromatic N) is 5. The number of carbonyl (C=O) groups is 1. The Hall–Kier alpha value is -2.74. The van der Waals surface area contributed by atoms with Gasteiger partial charge in [0.15, 0.2) is 10.8 Å². The molecule has 0 bridgehead atoms. The minimum Gasteiger partial charge on any atom is -0.348 e. The van der Waals surface area contributed by atoms with Gasteiger partial charge in [0.1, 0.15) is 17.6 Å². The van der Waals surface area contributed by atoms with Gasteiger partial charge in [-0.05, 0) is 50.3 Å². The molecular formula is C22H27N5O2S. The van der Waals surface area contributed by atoms with Crippen LogP contribution >= 0.6 is 11.3 Å². The second-order valence-electron chi connectivity index (χ2n) is 8.00. The van der Waals surface area contributed by atoms with Gasteiger partial charge in [0.05, 0.1) is 0 Å². The van der Waals surface area contributed by atoms with Gasteiger partial charge in [0, 0.05) is 25.3 Å². The summed E-state index contributed by atoms with van der Waals surface area (Å²) in [6.45, 7) is 8.56. The van der Waals surface area contributed by atoms with Crippen LogP contribution in [0.3, 0.4) is 0 Å². The summed E-state index contributed by atoms with van der Waals surface area (Å²) in [6, 6.07) is 7.81. The molecule has 7 nitrogen and oxygen atoms in total. The van der Waals surface area contributed by atoms with E-state index in [9.17, 15) is 9.59 Å². The Balaban J connectivity index is 1.59. The molecule has 1 aromatic carbocycles. The lowest BCUT2D eigenvalue weighted by Crippen LogP contribution is -2.36. The van der Waals surface area contributed by atoms with E-state index >= 15 is 0 Å². The van der Waals surface area contributed by atoms with Crippen LogP contribution in [-0.2, 0) is 11.3 Å². The fourth-order valence-electron chi connectivity index (χ4n) is 3.98. The van der Waals surface area contributed by atoms with Crippen LogP contribution in [0.2, 0.25) is 0 Å². The molecule has 4 rings (SSSR count). The van der Waals surface area contributed by atoms with E-state index in [1.54, 1.807) is 4.90 Å². The first kappa shape index (κ1) is 20.5. The summed E-state index contributed by atoms with van der Waals surface area (Å²) in [5.74, 6) is 0.482. The van der Waals surface area contributed by atoms with Crippen LogP contribution in [0.4, 0.5) is 10.8 Å². The van der Waals surface area contributed by atoms with Crippen LogP contribution < -0.4 is 15.4 Å². The summed E-state index contributed by atoms with van der Waals surface area (Å²) in [5, 5.41) is 0.847. The molecule has 0 spiro atoms. The van der Waals surface area contributed by atoms with Gasteiger partial charge in [-0.2, -0.15) is 4.98 Å². The van der Waals surface area contributed by atoms with E-state index in [0.717, 1.165) is 35.9 Å². The number of piperidine rings is 1. The predicted molar refractivity (Wildman–Crippen MR) is 121 cm³/mol. The van der Waals surface area contributed by atoms with Gasteiger partial charge in [-0.15, -0.1) is 0 Å². The standard InChI is InChI=1S/C22H27N5O2S/c1-4-27(17-9-5-7-15(2)11-17)18(28)13-26-14-23-20-19(21(26)29)30-22(24-20)25-10-6-8-16(3)12-25/h5,7,9,11,14,16H,4,6,8,10,12-13H2,1-3H3/t16-/m0/s1. The number of fused-ring (bicyclic) bond motifs is 1. The highest BCUT2D eigenvalue weighted by Gasteiger charge is 2.22. The van der Waals surface area contributed by atoms with Crippen LogP contribution in [0.15, 0.2) is 35.4 Å². The van der Waals surface area contributed by atoms with Gasteiger partial charge < -0.3 is 9.80 Å². The molecule has 3 heterocycles. The van der Waals surface area contributed by atoms with Crippen molar-refractivity contribution in [2.45, 2.75) is 40.2 Å². The zero-order valence-electron chi connectivity index (χ0n) is 17.7. The van der Waals surface area contributed by atoms with Crippen LogP contribution in [-0.4, -0.2) is 40.1 Å². The third-order valence-electron chi connectivity index (χ3n) is 5.54. The summed E-state index contributed by atoms with van der Waals surface area (Å²) in [6.07, 6.45) is 3.80. The topological polar surface area (TPSA) is 71.3 Å². The number of hydrogen-bond acceptors (Lipinski definition) is 6. The number of hydrogen-bond donors (Lipinski definition) is 0. The number of rotatable bonds is 5. The number of likely N-dealkylation sites (N-methyl/N-ethyl adjacent to an activating group) is 1. The Morgan fingerprint density at radius 3 is 2.93 bits per heavy atom. The Labute approximate surface area is 180 Å². The lowest BCUT2D eigenvalue weighted by Gasteiger charge is -2.30. The van der Waals surface area contributed by atoms with Gasteiger partial charge in [0.25, 0.3) is 5.56 Å². The Morgan fingerprint density at radius 1 is 1.37 bits per heavy atom. The number of aromatic nitrogens is 3. The lowest BCUT2D eigenvalue weighted by atomic mass is 10.0. The zero-order valence-corrected chi connectivity index (χ0v) is 18.5. The summed E-state index contributed by atoms with van der Waals surface area (Å²) >= 11 is 1.38. The normalized spacial score (nSPS) is 16.8. The molecule has 1 aliphatic rings. The molecule has 1 amide bonds. The van der Waals surface area contributed by atoms with Crippen molar-refractivity contribution in [1.82, 2.24) is 14.5 Å². The molecule has 158 valence electrons. The first-order chi connectivity index (χ1) is 14.5. The smallest absolute Gasteiger partial charge is 0.273 e. The highest BCUT2D eigenvalue weighted by Crippen LogP contribution is 2.29. The highest BCUT2D eigenvalue weighted by atomic mass is 32.1. The average molecular weight is 426 g/mol. The number of aryl methyl sites for hydroxylation is 1. The fraction of sp³-hybridized carbons (Fsp3) is 0.455. The van der Waals surface area contributed by atoms with Crippen molar-refractivity contribution in [2.24, 2.45) is 5.92 Å². The van der Waals surface area contributed by atoms with Gasteiger partial charge in [-0.1, -0.05) is 30.4 Å². The number of anilines is 2. The van der Waals surface area contributed by atoms with E-state index in [-0.39, 0.29) is 18.0 Å². The molecule has 2 aromatic heterocycles. The molecule has 30 heavy (non-hydrogen) atoms. The van der Waals surface area contributed by atoms with Crippen molar-refractivity contribution < 1.29 is 4.79 Å². The molecule has 1 atom stereocenters. The lowest BCUT2D eigenvalue weighted by molar-refractivity contribution is -0.119. The Morgan fingerprint density at radius 2 is 2.20 bits per heavy atom. The summed E-state index contributed by atoms with van der Waals surface area (Å²) in [4.78, 5) is 38.9. The summed E-state index contributed by atoms with van der Waals surface area (Å²) < 4.78 is 1.90. The minimum atomic E-state index is -0.206. The molecule has 0 unspecified atom stereocenters. The zero-order chi connectivity index (χ0) is 21.3. The predicted octanol–water partition coefficient (Wildman–Crippen LogP) is 3.45. The quantitative estimate of drug-likeness (QED) is 0.626. The number of carbonyl (C=O) groups excluding carboxylic acids is 1. The second-order valence-corrected chi connectivity index (χ2v) is 8.97. The van der Waals surface area contributed by atoms with Crippen LogP contribution in [0.25, 0.3) is 10.3 Å². The fourth-order valence-corrected chi connectivity index (χ4v) is 4.98. The van der Waals surface area contributed by atoms with Crippen LogP contribution in [0, 0.1) is 12.8 Å². The van der Waals surface area contributed by atoms with Crippen molar-refractivity contribution in [3.63, 3.8) is 0 Å². The molecule has 1 saturated heterocycles. The van der Waals surface area contributed by atoms with Gasteiger partial charge >= 0.3 is 0 Å². The van der Waals surface area contributed by atoms with E-state index < -0.39 is 0 Å². The monoisotopic (exact) mass is 425 g/mol. The van der Waals surface area contributed by atoms with Crippen LogP contribution in [0.5, 0.6) is 0 Å². The molecule has 0 N–H and O–H groups in total. The largest absolute Gasteiger partial charge is 0.348 e. The average Bonchev–Trinajstić information content (AvgIpc) is 3.16. The Bertz CT molecular complexity index is 1120. The van der Waals surface area contributed by atoms with Crippen molar-refractivity contribution in [3.8, 4) is 0 Å². The summed E-state index contributed by atoms with van der Waals surface area (Å²) in [7, 11) is 0. The molecular weight excluding hydrogens is 398 g/mol. The Kier molecular flexibility index (Phi) is 5.85. The second kappa shape index (κ2) is 8.55. The van der Waals surface area contributed by atoms with Crippen molar-refractivity contribution in [1.29, 1.82) is 0 Å². The number of thiazole rings is 1. The molecule has 3 aromatic rings. The van der Waals surface area contributed by atoms with E-state index in [0.29, 0.717) is 22.8 Å². The molecule has 1 aliphatic heterocycles. The molecule has 0 aliphatic carbocycles. The first-order valence-electron chi connectivity index (χ1n) is 10.4. The van der Waals surface area contributed by atoms with Crippen molar-refractivity contribution in [2.75, 3.05) is 29.4 Å². The van der Waals surface area contributed by atoms with E-state index in [2.05, 4.69) is 21.8 Å². The molecule has 1 fully saturated rings. The van der Waals surface area contributed by atoms with Gasteiger partial charge in [-0.3, -0.25) is 14.2 Å². The van der Waals surface area contributed by atoms with E-state index in [1.807, 2.05) is 38.1 Å². The minimum absolute atomic E-state index is 0.0441. The maximum absolute atomic E-state index is 13.0. The van der Waals surface area contributed by atoms with Crippen molar-refractivity contribution in [3.05, 3.63) is 46.5 Å². The van der Waals surface area contributed by atoms with Gasteiger partial charge in [-0.25, -0.2) is 4.98 Å². The maximum atomic E-state index is 13.0. The third kappa shape index (κ3) is 4.09. The van der Waals surface area contributed by atoms with Gasteiger partial charge in [0.2, 0.25) is 5.91 Å². The van der Waals surface area contributed by atoms with Crippen molar-refractivity contribution >= 4 is 38.4 Å². The summed E-state index contributed by atoms with van der Waals surface area (Å²) in [5.41, 5.74) is 2.18. The third-order valence-corrected chi connectivity index (χ3v) is 6.63. The van der Waals surface area contributed by atoms with E-state index in [4.69, 9.17) is 0 Å². The molecule has 8 heteroatoms. The highest BCUT2D eigenvalue weighted by molar-refractivity contribution is 7.22. The molecule has 0 saturated carbocycles. The number of benzene rings is 1. The number of amides is 1. The van der Waals surface area contributed by atoms with Crippen LogP contribution in [0.1, 0.15) is 32.3 Å². The maximum Gasteiger partial charge on any atom is 0.273 e. The SMILES string of the molecule is CCN(C(=O)Cn1cnc2nc(N3CCC[C@H](C)C3)sc2c1=O)c1cccc(C)c1. The molecule has 0 radical (unpaired) electrons.